The molecule has 1 saturated carbocycles. The molecule has 0 bridgehead atoms. The first-order valence-corrected chi connectivity index (χ1v) is 17.8. The molecule has 0 aromatic heterocycles. The molecular weight excluding hydrogens is 676 g/mol. The monoisotopic (exact) mass is 734 g/mol. The van der Waals surface area contributed by atoms with Gasteiger partial charge < -0.3 is 75.0 Å². The maximum Gasteiger partial charge on any atom is 0.187 e. The Morgan fingerprint density at radius 3 is 1.56 bits per heavy atom. The van der Waals surface area contributed by atoms with E-state index in [0.29, 0.717) is 19.6 Å². The molecule has 15 nitrogen and oxygen atoms in total. The molecule has 15 atom stereocenters. The smallest absolute Gasteiger partial charge is 0.187 e. The van der Waals surface area contributed by atoms with E-state index in [1.54, 1.807) is 35.5 Å². The van der Waals surface area contributed by atoms with Gasteiger partial charge in [-0.3, -0.25) is 0 Å². The molecule has 292 valence electrons. The standard InChI is InChI=1S/C37H58N4O11/c1-42-31-25(17-38)49-37(35(46-5)34(31)45-4)52-29-24(40)16-23(39)28(33(29)44-3)51-36-32(43-2)27(41)30(48-19-22-14-10-7-11-15-22)26(50-36)20-47-18-21-12-8-6-9-13-21/h6-15,23-37H,16-20,38-41H2,1-5H3/t23-,24?,25?,26?,27?,28?,29-,30-,31-,32?,33?,34?,35?,36-,37-/m1/s1. The molecule has 2 aromatic rings. The van der Waals surface area contributed by atoms with Crippen LogP contribution in [0.5, 0.6) is 0 Å². The van der Waals surface area contributed by atoms with Crippen molar-refractivity contribution in [1.29, 1.82) is 0 Å². The number of hydrogen-bond acceptors (Lipinski definition) is 15. The highest BCUT2D eigenvalue weighted by atomic mass is 16.7. The lowest BCUT2D eigenvalue weighted by molar-refractivity contribution is -0.341. The minimum absolute atomic E-state index is 0.166. The van der Waals surface area contributed by atoms with Crippen molar-refractivity contribution < 1.29 is 52.1 Å². The Morgan fingerprint density at radius 1 is 0.558 bits per heavy atom. The number of rotatable bonds is 17. The lowest BCUT2D eigenvalue weighted by Crippen LogP contribution is -2.69. The summed E-state index contributed by atoms with van der Waals surface area (Å²) in [4.78, 5) is 0. The molecule has 0 spiro atoms. The van der Waals surface area contributed by atoms with E-state index in [-0.39, 0.29) is 13.2 Å². The molecule has 52 heavy (non-hydrogen) atoms. The fourth-order valence-electron chi connectivity index (χ4n) is 7.48. The third-order valence-electron chi connectivity index (χ3n) is 10.2. The van der Waals surface area contributed by atoms with Crippen molar-refractivity contribution in [3.63, 3.8) is 0 Å². The highest BCUT2D eigenvalue weighted by Gasteiger charge is 2.54. The molecule has 2 aromatic carbocycles. The van der Waals surface area contributed by atoms with Crippen LogP contribution in [0.3, 0.4) is 0 Å². The van der Waals surface area contributed by atoms with Crippen molar-refractivity contribution in [1.82, 2.24) is 0 Å². The molecule has 2 saturated heterocycles. The lowest BCUT2D eigenvalue weighted by Gasteiger charge is -2.50. The first-order valence-electron chi connectivity index (χ1n) is 17.8. The quantitative estimate of drug-likeness (QED) is 0.174. The van der Waals surface area contributed by atoms with Crippen LogP contribution in [-0.4, -0.2) is 140 Å². The lowest BCUT2D eigenvalue weighted by atomic mass is 9.84. The van der Waals surface area contributed by atoms with Crippen LogP contribution >= 0.6 is 0 Å². The Kier molecular flexibility index (Phi) is 15.7. The van der Waals surface area contributed by atoms with Gasteiger partial charge in [-0.2, -0.15) is 0 Å². The fraction of sp³-hybridized carbons (Fsp3) is 0.676. The average molecular weight is 735 g/mol. The molecular formula is C37H58N4O11. The van der Waals surface area contributed by atoms with Gasteiger partial charge in [0.15, 0.2) is 12.6 Å². The van der Waals surface area contributed by atoms with Crippen molar-refractivity contribution in [3.05, 3.63) is 71.8 Å². The second kappa shape index (κ2) is 20.0. The van der Waals surface area contributed by atoms with Gasteiger partial charge in [0.2, 0.25) is 0 Å². The number of nitrogens with two attached hydrogens (primary N) is 4. The van der Waals surface area contributed by atoms with E-state index in [1.807, 2.05) is 60.7 Å². The van der Waals surface area contributed by atoms with Crippen LogP contribution in [-0.2, 0) is 65.3 Å². The van der Waals surface area contributed by atoms with Gasteiger partial charge in [-0.05, 0) is 17.5 Å². The molecule has 0 radical (unpaired) electrons. The van der Waals surface area contributed by atoms with Gasteiger partial charge in [-0.1, -0.05) is 60.7 Å². The Labute approximate surface area is 306 Å². The largest absolute Gasteiger partial charge is 0.376 e. The second-order valence-corrected chi connectivity index (χ2v) is 13.4. The van der Waals surface area contributed by atoms with Crippen LogP contribution in [0.25, 0.3) is 0 Å². The Morgan fingerprint density at radius 2 is 1.04 bits per heavy atom. The maximum absolute atomic E-state index is 6.91. The average Bonchev–Trinajstić information content (AvgIpc) is 3.16. The third-order valence-corrected chi connectivity index (χ3v) is 10.2. The summed E-state index contributed by atoms with van der Waals surface area (Å²) in [7, 11) is 7.80. The Bertz CT molecular complexity index is 1300. The predicted octanol–water partition coefficient (Wildman–Crippen LogP) is 0.428. The minimum atomic E-state index is -0.967. The number of ether oxygens (including phenoxy) is 11. The Balaban J connectivity index is 1.35. The molecule has 5 rings (SSSR count). The van der Waals surface area contributed by atoms with E-state index in [4.69, 9.17) is 75.0 Å². The summed E-state index contributed by atoms with van der Waals surface area (Å²) in [6.45, 7) is 1.05. The number of hydrogen-bond donors (Lipinski definition) is 4. The topological polar surface area (TPSA) is 206 Å². The normalized spacial score (nSPS) is 38.3. The van der Waals surface area contributed by atoms with Gasteiger partial charge >= 0.3 is 0 Å². The SMILES string of the molecule is COC1C(N)[C@H](OCc2ccccc2)C(COCc2ccccc2)O[C@@H]1OC1C(OC)[C@H](O[C@H]2OC(CN)[C@@H](OC)C(OC)C2OC)C(N)C[C@H]1N. The molecule has 2 aliphatic heterocycles. The van der Waals surface area contributed by atoms with Crippen LogP contribution in [0.2, 0.25) is 0 Å². The summed E-state index contributed by atoms with van der Waals surface area (Å²) in [6, 6.07) is 18.0. The van der Waals surface area contributed by atoms with E-state index < -0.39 is 91.7 Å². The van der Waals surface area contributed by atoms with Gasteiger partial charge in [-0.25, -0.2) is 0 Å². The molecule has 0 amide bonds. The van der Waals surface area contributed by atoms with Crippen LogP contribution in [0.4, 0.5) is 0 Å². The van der Waals surface area contributed by atoms with E-state index in [0.717, 1.165) is 11.1 Å². The van der Waals surface area contributed by atoms with Gasteiger partial charge in [-0.15, -0.1) is 0 Å². The molecule has 3 fully saturated rings. The first-order chi connectivity index (χ1) is 25.3. The van der Waals surface area contributed by atoms with Crippen molar-refractivity contribution in [3.8, 4) is 0 Å². The van der Waals surface area contributed by atoms with E-state index in [1.165, 1.54) is 0 Å². The van der Waals surface area contributed by atoms with Gasteiger partial charge in [0, 0.05) is 54.2 Å². The molecule has 9 unspecified atom stereocenters. The minimum Gasteiger partial charge on any atom is -0.376 e. The van der Waals surface area contributed by atoms with Crippen LogP contribution in [0.15, 0.2) is 60.7 Å². The van der Waals surface area contributed by atoms with Gasteiger partial charge in [0.25, 0.3) is 0 Å². The van der Waals surface area contributed by atoms with Crippen molar-refractivity contribution in [2.75, 3.05) is 48.7 Å². The summed E-state index contributed by atoms with van der Waals surface area (Å²) in [6.07, 6.45) is -7.92. The predicted molar refractivity (Wildman–Crippen MR) is 190 cm³/mol. The van der Waals surface area contributed by atoms with E-state index >= 15 is 0 Å². The fourth-order valence-corrected chi connectivity index (χ4v) is 7.48. The summed E-state index contributed by atoms with van der Waals surface area (Å²) in [5.74, 6) is 0. The molecule has 8 N–H and O–H groups in total. The highest BCUT2D eigenvalue weighted by molar-refractivity contribution is 5.14. The van der Waals surface area contributed by atoms with Gasteiger partial charge in [0.05, 0.1) is 25.9 Å². The summed E-state index contributed by atoms with van der Waals surface area (Å²) in [5, 5.41) is 0. The maximum atomic E-state index is 6.91. The van der Waals surface area contributed by atoms with Crippen molar-refractivity contribution >= 4 is 0 Å². The zero-order valence-electron chi connectivity index (χ0n) is 30.8. The first kappa shape index (κ1) is 41.0. The highest BCUT2D eigenvalue weighted by Crippen LogP contribution is 2.35. The zero-order chi connectivity index (χ0) is 37.2. The molecule has 15 heteroatoms. The summed E-state index contributed by atoms with van der Waals surface area (Å²) in [5.41, 5.74) is 28.4. The molecule has 1 aliphatic carbocycles. The van der Waals surface area contributed by atoms with Crippen molar-refractivity contribution in [2.24, 2.45) is 22.9 Å². The number of benzene rings is 2. The number of methoxy groups -OCH3 is 5. The van der Waals surface area contributed by atoms with Crippen LogP contribution < -0.4 is 22.9 Å². The molecule has 3 aliphatic rings. The van der Waals surface area contributed by atoms with Crippen molar-refractivity contribution in [2.45, 2.75) is 111 Å². The summed E-state index contributed by atoms with van der Waals surface area (Å²) < 4.78 is 68.0. The second-order valence-electron chi connectivity index (χ2n) is 13.4. The summed E-state index contributed by atoms with van der Waals surface area (Å²) >= 11 is 0. The Hall–Kier alpha value is -2.16. The zero-order valence-corrected chi connectivity index (χ0v) is 30.8. The van der Waals surface area contributed by atoms with E-state index in [9.17, 15) is 0 Å². The van der Waals surface area contributed by atoms with E-state index in [2.05, 4.69) is 0 Å². The van der Waals surface area contributed by atoms with Gasteiger partial charge in [0.1, 0.15) is 61.0 Å². The molecule has 2 heterocycles. The van der Waals surface area contributed by atoms with Crippen LogP contribution in [0.1, 0.15) is 17.5 Å². The third kappa shape index (κ3) is 9.55. The van der Waals surface area contributed by atoms with Crippen LogP contribution in [0, 0.1) is 0 Å².